The van der Waals surface area contributed by atoms with Crippen molar-refractivity contribution < 1.29 is 4.79 Å². The van der Waals surface area contributed by atoms with Crippen molar-refractivity contribution in [2.75, 3.05) is 13.1 Å². The van der Waals surface area contributed by atoms with Crippen LogP contribution in [0.3, 0.4) is 0 Å². The van der Waals surface area contributed by atoms with Crippen molar-refractivity contribution >= 4 is 5.91 Å². The second-order valence-electron chi connectivity index (χ2n) is 4.80. The summed E-state index contributed by atoms with van der Waals surface area (Å²) in [6.45, 7) is 3.82. The van der Waals surface area contributed by atoms with Crippen LogP contribution in [0.25, 0.3) is 0 Å². The SMILES string of the molecule is CC(C(N)=O)N1CCC(c2ccccc2)CC1. The summed E-state index contributed by atoms with van der Waals surface area (Å²) in [7, 11) is 0. The van der Waals surface area contributed by atoms with Gasteiger partial charge in [-0.15, -0.1) is 0 Å². The maximum Gasteiger partial charge on any atom is 0.234 e. The lowest BCUT2D eigenvalue weighted by atomic mass is 9.89. The molecule has 1 heterocycles. The Bertz CT molecular complexity index is 369. The summed E-state index contributed by atoms with van der Waals surface area (Å²) in [6.07, 6.45) is 2.23. The number of primary amides is 1. The van der Waals surface area contributed by atoms with Crippen molar-refractivity contribution in [3.05, 3.63) is 35.9 Å². The second kappa shape index (κ2) is 5.32. The third-order valence-electron chi connectivity index (χ3n) is 3.76. The predicted molar refractivity (Wildman–Crippen MR) is 68.6 cm³/mol. The third-order valence-corrected chi connectivity index (χ3v) is 3.76. The number of hydrogen-bond acceptors (Lipinski definition) is 2. The number of likely N-dealkylation sites (tertiary alicyclic amines) is 1. The van der Waals surface area contributed by atoms with Crippen LogP contribution in [-0.2, 0) is 4.79 Å². The molecule has 1 amide bonds. The summed E-state index contributed by atoms with van der Waals surface area (Å²) < 4.78 is 0. The van der Waals surface area contributed by atoms with E-state index in [0.29, 0.717) is 5.92 Å². The number of rotatable bonds is 3. The highest BCUT2D eigenvalue weighted by Crippen LogP contribution is 2.28. The van der Waals surface area contributed by atoms with Crippen molar-refractivity contribution in [2.45, 2.75) is 31.7 Å². The molecule has 1 aliphatic heterocycles. The van der Waals surface area contributed by atoms with Gasteiger partial charge in [-0.1, -0.05) is 30.3 Å². The zero-order chi connectivity index (χ0) is 12.3. The molecule has 0 spiro atoms. The van der Waals surface area contributed by atoms with E-state index in [0.717, 1.165) is 25.9 Å². The van der Waals surface area contributed by atoms with Gasteiger partial charge in [0, 0.05) is 0 Å². The molecular formula is C14H20N2O. The minimum Gasteiger partial charge on any atom is -0.368 e. The lowest BCUT2D eigenvalue weighted by Gasteiger charge is -2.34. The molecule has 0 bridgehead atoms. The number of carbonyl (C=O) groups excluding carboxylic acids is 1. The third kappa shape index (κ3) is 2.86. The van der Waals surface area contributed by atoms with Gasteiger partial charge in [0.1, 0.15) is 0 Å². The molecular weight excluding hydrogens is 212 g/mol. The molecule has 2 rings (SSSR count). The highest BCUT2D eigenvalue weighted by molar-refractivity contribution is 5.79. The number of benzene rings is 1. The van der Waals surface area contributed by atoms with Crippen LogP contribution in [0.1, 0.15) is 31.2 Å². The largest absolute Gasteiger partial charge is 0.368 e. The molecule has 3 nitrogen and oxygen atoms in total. The van der Waals surface area contributed by atoms with E-state index in [1.165, 1.54) is 5.56 Å². The Morgan fingerprint density at radius 2 is 1.88 bits per heavy atom. The highest BCUT2D eigenvalue weighted by atomic mass is 16.1. The van der Waals surface area contributed by atoms with Gasteiger partial charge < -0.3 is 5.73 Å². The van der Waals surface area contributed by atoms with Crippen LogP contribution in [0.4, 0.5) is 0 Å². The molecule has 17 heavy (non-hydrogen) atoms. The Balaban J connectivity index is 1.93. The van der Waals surface area contributed by atoms with Crippen molar-refractivity contribution in [3.8, 4) is 0 Å². The Labute approximate surface area is 103 Å². The second-order valence-corrected chi connectivity index (χ2v) is 4.80. The Hall–Kier alpha value is -1.35. The van der Waals surface area contributed by atoms with E-state index in [1.54, 1.807) is 0 Å². The summed E-state index contributed by atoms with van der Waals surface area (Å²) in [5.74, 6) is 0.413. The lowest BCUT2D eigenvalue weighted by molar-refractivity contribution is -0.123. The van der Waals surface area contributed by atoms with Crippen molar-refractivity contribution in [3.63, 3.8) is 0 Å². The number of piperidine rings is 1. The molecule has 3 heteroatoms. The molecule has 1 atom stereocenters. The topological polar surface area (TPSA) is 46.3 Å². The van der Waals surface area contributed by atoms with Crippen LogP contribution >= 0.6 is 0 Å². The maximum atomic E-state index is 11.1. The van der Waals surface area contributed by atoms with Gasteiger partial charge in [0.15, 0.2) is 0 Å². The van der Waals surface area contributed by atoms with Crippen LogP contribution in [0.5, 0.6) is 0 Å². The minimum absolute atomic E-state index is 0.133. The van der Waals surface area contributed by atoms with Crippen LogP contribution in [0, 0.1) is 0 Å². The molecule has 0 aliphatic carbocycles. The molecule has 1 aromatic carbocycles. The van der Waals surface area contributed by atoms with Crippen LogP contribution in [0.15, 0.2) is 30.3 Å². The first-order valence-electron chi connectivity index (χ1n) is 6.27. The standard InChI is InChI=1S/C14H20N2O/c1-11(14(15)17)16-9-7-13(8-10-16)12-5-3-2-4-6-12/h2-6,11,13H,7-10H2,1H3,(H2,15,17). The zero-order valence-electron chi connectivity index (χ0n) is 10.3. The Morgan fingerprint density at radius 3 is 2.41 bits per heavy atom. The Kier molecular flexibility index (Phi) is 3.79. The van der Waals surface area contributed by atoms with E-state index in [4.69, 9.17) is 5.73 Å². The van der Waals surface area contributed by atoms with Gasteiger partial charge in [0.25, 0.3) is 0 Å². The van der Waals surface area contributed by atoms with E-state index in [-0.39, 0.29) is 11.9 Å². The number of nitrogens with two attached hydrogens (primary N) is 1. The van der Waals surface area contributed by atoms with Crippen molar-refractivity contribution in [2.24, 2.45) is 5.73 Å². The first-order chi connectivity index (χ1) is 8.18. The van der Waals surface area contributed by atoms with Gasteiger partial charge in [-0.25, -0.2) is 0 Å². The number of carbonyl (C=O) groups is 1. The summed E-state index contributed by atoms with van der Waals surface area (Å²) >= 11 is 0. The van der Waals surface area contributed by atoms with Gasteiger partial charge in [0.05, 0.1) is 6.04 Å². The van der Waals surface area contributed by atoms with E-state index in [1.807, 2.05) is 13.0 Å². The van der Waals surface area contributed by atoms with Crippen LogP contribution in [0.2, 0.25) is 0 Å². The van der Waals surface area contributed by atoms with Crippen molar-refractivity contribution in [1.82, 2.24) is 4.90 Å². The molecule has 1 aromatic rings. The van der Waals surface area contributed by atoms with Gasteiger partial charge in [-0.2, -0.15) is 0 Å². The molecule has 1 unspecified atom stereocenters. The quantitative estimate of drug-likeness (QED) is 0.863. The first kappa shape index (κ1) is 12.1. The van der Waals surface area contributed by atoms with Gasteiger partial charge in [-0.05, 0) is 44.3 Å². The fraction of sp³-hybridized carbons (Fsp3) is 0.500. The maximum absolute atomic E-state index is 11.1. The zero-order valence-corrected chi connectivity index (χ0v) is 10.3. The van der Waals surface area contributed by atoms with Crippen molar-refractivity contribution in [1.29, 1.82) is 0 Å². The lowest BCUT2D eigenvalue weighted by Crippen LogP contribution is -2.46. The monoisotopic (exact) mass is 232 g/mol. The van der Waals surface area contributed by atoms with Crippen LogP contribution in [-0.4, -0.2) is 29.9 Å². The molecule has 0 radical (unpaired) electrons. The number of hydrogen-bond donors (Lipinski definition) is 1. The van der Waals surface area contributed by atoms with Crippen LogP contribution < -0.4 is 5.73 Å². The average molecular weight is 232 g/mol. The summed E-state index contributed by atoms with van der Waals surface area (Å²) in [4.78, 5) is 13.3. The Morgan fingerprint density at radius 1 is 1.29 bits per heavy atom. The van der Waals surface area contributed by atoms with E-state index in [2.05, 4.69) is 29.2 Å². The van der Waals surface area contributed by atoms with Gasteiger partial charge in [0.2, 0.25) is 5.91 Å². The summed E-state index contributed by atoms with van der Waals surface area (Å²) in [5, 5.41) is 0. The van der Waals surface area contributed by atoms with Gasteiger partial charge >= 0.3 is 0 Å². The van der Waals surface area contributed by atoms with Gasteiger partial charge in [-0.3, -0.25) is 9.69 Å². The molecule has 1 fully saturated rings. The van der Waals surface area contributed by atoms with E-state index >= 15 is 0 Å². The highest BCUT2D eigenvalue weighted by Gasteiger charge is 2.25. The summed E-state index contributed by atoms with van der Waals surface area (Å²) in [6, 6.07) is 10.5. The molecule has 1 saturated heterocycles. The molecule has 1 aliphatic rings. The average Bonchev–Trinajstić information content (AvgIpc) is 2.39. The molecule has 0 saturated carbocycles. The molecule has 2 N–H and O–H groups in total. The normalized spacial score (nSPS) is 20.1. The number of nitrogens with zero attached hydrogens (tertiary/aromatic N) is 1. The van der Waals surface area contributed by atoms with E-state index < -0.39 is 0 Å². The summed E-state index contributed by atoms with van der Waals surface area (Å²) in [5.41, 5.74) is 6.75. The predicted octanol–water partition coefficient (Wildman–Crippen LogP) is 1.74. The molecule has 92 valence electrons. The smallest absolute Gasteiger partial charge is 0.234 e. The first-order valence-corrected chi connectivity index (χ1v) is 6.27. The fourth-order valence-electron chi connectivity index (χ4n) is 2.53. The van der Waals surface area contributed by atoms with E-state index in [9.17, 15) is 4.79 Å². The fourth-order valence-corrected chi connectivity index (χ4v) is 2.53. The molecule has 0 aromatic heterocycles. The number of amides is 1. The minimum atomic E-state index is -0.219.